The van der Waals surface area contributed by atoms with E-state index in [2.05, 4.69) is 86.8 Å². The van der Waals surface area contributed by atoms with Gasteiger partial charge in [-0.15, -0.1) is 0 Å². The molecular weight excluding hydrogens is 620 g/mol. The van der Waals surface area contributed by atoms with E-state index in [1.165, 1.54) is 77.0 Å². The summed E-state index contributed by atoms with van der Waals surface area (Å²) >= 11 is 0. The molecule has 5 heteroatoms. The highest BCUT2D eigenvalue weighted by atomic mass is 16.6. The smallest absolute Gasteiger partial charge is 0.305 e. The number of aliphatic hydroxyl groups is 1. The van der Waals surface area contributed by atoms with Gasteiger partial charge in [0.1, 0.15) is 19.3 Å². The van der Waals surface area contributed by atoms with Crippen LogP contribution in [0.25, 0.3) is 0 Å². The summed E-state index contributed by atoms with van der Waals surface area (Å²) in [7, 11) is 0. The van der Waals surface area contributed by atoms with Crippen molar-refractivity contribution in [2.24, 2.45) is 0 Å². The molecule has 0 saturated carbocycles. The largest absolute Gasteiger partial charge is 0.463 e. The number of hydrogen-bond donors (Lipinski definition) is 1. The number of unbranched alkanes of at least 4 members (excludes halogenated alkanes) is 16. The van der Waals surface area contributed by atoms with E-state index in [-0.39, 0.29) is 25.2 Å². The summed E-state index contributed by atoms with van der Waals surface area (Å²) < 4.78 is 10.3. The van der Waals surface area contributed by atoms with Gasteiger partial charge in [0, 0.05) is 12.8 Å². The lowest BCUT2D eigenvalue weighted by molar-refractivity contribution is -0.152. The molecule has 0 heterocycles. The molecule has 0 aliphatic heterocycles. The van der Waals surface area contributed by atoms with Gasteiger partial charge in [0.05, 0.1) is 0 Å². The fourth-order valence-electron chi connectivity index (χ4n) is 5.27. The van der Waals surface area contributed by atoms with E-state index in [0.29, 0.717) is 12.8 Å². The van der Waals surface area contributed by atoms with Gasteiger partial charge in [-0.3, -0.25) is 9.59 Å². The highest BCUT2D eigenvalue weighted by Gasteiger charge is 2.12. The predicted molar refractivity (Wildman–Crippen MR) is 214 cm³/mol. The molecule has 0 amide bonds. The van der Waals surface area contributed by atoms with Crippen LogP contribution in [-0.4, -0.2) is 36.4 Å². The third-order valence-electron chi connectivity index (χ3n) is 8.41. The van der Waals surface area contributed by atoms with Crippen molar-refractivity contribution < 1.29 is 24.2 Å². The summed E-state index contributed by atoms with van der Waals surface area (Å²) in [4.78, 5) is 24.0. The van der Waals surface area contributed by atoms with Crippen LogP contribution in [0.5, 0.6) is 0 Å². The van der Waals surface area contributed by atoms with Gasteiger partial charge >= 0.3 is 11.9 Å². The molecule has 0 spiro atoms. The van der Waals surface area contributed by atoms with E-state index >= 15 is 0 Å². The van der Waals surface area contributed by atoms with Crippen LogP contribution in [0.4, 0.5) is 0 Å². The molecule has 5 nitrogen and oxygen atoms in total. The maximum Gasteiger partial charge on any atom is 0.305 e. The average molecular weight is 697 g/mol. The van der Waals surface area contributed by atoms with Crippen LogP contribution in [0.15, 0.2) is 72.9 Å². The summed E-state index contributed by atoms with van der Waals surface area (Å²) in [5.74, 6) is -0.613. The number of hydrogen-bond acceptors (Lipinski definition) is 5. The molecule has 0 aromatic carbocycles. The van der Waals surface area contributed by atoms with Crippen LogP contribution in [0.1, 0.15) is 181 Å². The van der Waals surface area contributed by atoms with Crippen molar-refractivity contribution in [3.8, 4) is 0 Å². The zero-order chi connectivity index (χ0) is 36.4. The molecule has 286 valence electrons. The molecule has 0 unspecified atom stereocenters. The highest BCUT2D eigenvalue weighted by Crippen LogP contribution is 2.11. The Balaban J connectivity index is 3.54. The van der Waals surface area contributed by atoms with Gasteiger partial charge in [0.2, 0.25) is 0 Å². The number of carbonyl (C=O) groups excluding carboxylic acids is 2. The standard InChI is InChI=1S/C45H76O5/c1-3-5-7-9-11-13-15-17-19-21-22-24-26-28-30-32-34-36-38-40-45(48)50-42-43(46)41-49-44(47)39-37-35-33-31-29-27-25-23-20-18-16-14-12-10-8-6-4-2/h11-14,17-20,22,24,28,30,43,46H,3-10,15-16,21,23,25-27,29,31-42H2,1-2H3/b13-11-,14-12-,19-17-,20-18-,24-22-,30-28-/t43-/m1/s1. The lowest BCUT2D eigenvalue weighted by Crippen LogP contribution is -2.25. The van der Waals surface area contributed by atoms with Crippen LogP contribution < -0.4 is 0 Å². The minimum atomic E-state index is -0.984. The molecule has 0 rings (SSSR count). The van der Waals surface area contributed by atoms with Gasteiger partial charge in [0.25, 0.3) is 0 Å². The highest BCUT2D eigenvalue weighted by molar-refractivity contribution is 5.69. The van der Waals surface area contributed by atoms with Gasteiger partial charge in [-0.25, -0.2) is 0 Å². The zero-order valence-corrected chi connectivity index (χ0v) is 32.4. The van der Waals surface area contributed by atoms with Crippen molar-refractivity contribution in [3.05, 3.63) is 72.9 Å². The summed E-state index contributed by atoms with van der Waals surface area (Å²) in [6.07, 6.45) is 53.8. The molecular formula is C45H76O5. The lowest BCUT2D eigenvalue weighted by Gasteiger charge is -2.12. The number of carbonyl (C=O) groups is 2. The first-order valence-corrected chi connectivity index (χ1v) is 20.5. The third-order valence-corrected chi connectivity index (χ3v) is 8.41. The molecule has 0 radical (unpaired) electrons. The van der Waals surface area contributed by atoms with Crippen molar-refractivity contribution in [1.82, 2.24) is 0 Å². The first-order valence-electron chi connectivity index (χ1n) is 20.5. The molecule has 0 aliphatic carbocycles. The Kier molecular flexibility index (Phi) is 38.6. The van der Waals surface area contributed by atoms with Crippen LogP contribution in [0.2, 0.25) is 0 Å². The van der Waals surface area contributed by atoms with E-state index in [0.717, 1.165) is 77.0 Å². The van der Waals surface area contributed by atoms with E-state index in [1.54, 1.807) is 0 Å². The maximum atomic E-state index is 12.0. The van der Waals surface area contributed by atoms with Crippen LogP contribution in [0, 0.1) is 0 Å². The van der Waals surface area contributed by atoms with Crippen LogP contribution >= 0.6 is 0 Å². The molecule has 0 aliphatic rings. The fourth-order valence-corrected chi connectivity index (χ4v) is 5.27. The average Bonchev–Trinajstić information content (AvgIpc) is 3.12. The minimum absolute atomic E-state index is 0.134. The Labute approximate surface area is 308 Å². The van der Waals surface area contributed by atoms with Crippen molar-refractivity contribution >= 4 is 11.9 Å². The van der Waals surface area contributed by atoms with Crippen molar-refractivity contribution in [1.29, 1.82) is 0 Å². The summed E-state index contributed by atoms with van der Waals surface area (Å²) in [5.41, 5.74) is 0. The fraction of sp³-hybridized carbons (Fsp3) is 0.689. The molecule has 0 saturated heterocycles. The van der Waals surface area contributed by atoms with Gasteiger partial charge in [-0.05, 0) is 89.9 Å². The number of allylic oxidation sites excluding steroid dienone is 12. The lowest BCUT2D eigenvalue weighted by atomic mass is 10.1. The molecule has 0 aromatic heterocycles. The van der Waals surface area contributed by atoms with Crippen molar-refractivity contribution in [2.45, 2.75) is 187 Å². The van der Waals surface area contributed by atoms with Crippen molar-refractivity contribution in [3.63, 3.8) is 0 Å². The summed E-state index contributed by atoms with van der Waals surface area (Å²) in [6, 6.07) is 0. The Hall–Kier alpha value is -2.66. The Bertz CT molecular complexity index is 926. The van der Waals surface area contributed by atoms with Gasteiger partial charge in [0.15, 0.2) is 0 Å². The second-order valence-electron chi connectivity index (χ2n) is 13.4. The Morgan fingerprint density at radius 1 is 0.420 bits per heavy atom. The van der Waals surface area contributed by atoms with Gasteiger partial charge < -0.3 is 14.6 Å². The maximum absolute atomic E-state index is 12.0. The Morgan fingerprint density at radius 2 is 0.700 bits per heavy atom. The normalized spacial score (nSPS) is 12.9. The monoisotopic (exact) mass is 697 g/mol. The number of esters is 2. The summed E-state index contributed by atoms with van der Waals surface area (Å²) in [5, 5.41) is 10.0. The molecule has 0 bridgehead atoms. The van der Waals surface area contributed by atoms with Gasteiger partial charge in [-0.2, -0.15) is 0 Å². The number of aliphatic hydroxyl groups excluding tert-OH is 1. The van der Waals surface area contributed by atoms with E-state index < -0.39 is 6.10 Å². The molecule has 1 atom stereocenters. The second kappa shape index (κ2) is 40.8. The minimum Gasteiger partial charge on any atom is -0.463 e. The molecule has 50 heavy (non-hydrogen) atoms. The topological polar surface area (TPSA) is 72.8 Å². The third kappa shape index (κ3) is 39.8. The number of ether oxygens (including phenoxy) is 2. The number of rotatable bonds is 36. The second-order valence-corrected chi connectivity index (χ2v) is 13.4. The summed E-state index contributed by atoms with van der Waals surface area (Å²) in [6.45, 7) is 4.20. The Morgan fingerprint density at radius 3 is 1.06 bits per heavy atom. The van der Waals surface area contributed by atoms with Crippen molar-refractivity contribution in [2.75, 3.05) is 13.2 Å². The van der Waals surface area contributed by atoms with Crippen LogP contribution in [-0.2, 0) is 19.1 Å². The predicted octanol–water partition coefficient (Wildman–Crippen LogP) is 13.0. The van der Waals surface area contributed by atoms with E-state index in [9.17, 15) is 14.7 Å². The first kappa shape index (κ1) is 47.3. The first-order chi connectivity index (χ1) is 24.6. The molecule has 1 N–H and O–H groups in total. The molecule has 0 fully saturated rings. The SMILES string of the molecule is CCCCC/C=C\C/C=C\C/C=C\C/C=C\CCCCCC(=O)OC[C@H](O)COC(=O)CCCCCCCCC/C=C\C/C=C\CCCCC. The van der Waals surface area contributed by atoms with Gasteiger partial charge in [-0.1, -0.05) is 151 Å². The van der Waals surface area contributed by atoms with Crippen LogP contribution in [0.3, 0.4) is 0 Å². The zero-order valence-electron chi connectivity index (χ0n) is 32.4. The quantitative estimate of drug-likeness (QED) is 0.0401. The van der Waals surface area contributed by atoms with E-state index in [4.69, 9.17) is 9.47 Å². The molecule has 0 aromatic rings. The van der Waals surface area contributed by atoms with E-state index in [1.807, 2.05) is 0 Å².